The van der Waals surface area contributed by atoms with Gasteiger partial charge in [0.2, 0.25) is 0 Å². The lowest BCUT2D eigenvalue weighted by Crippen LogP contribution is -2.60. The minimum atomic E-state index is -3.49. The van der Waals surface area contributed by atoms with Crippen LogP contribution >= 0.6 is 11.3 Å². The van der Waals surface area contributed by atoms with E-state index in [1.807, 2.05) is 24.3 Å². The molecule has 0 aliphatic carbocycles. The Morgan fingerprint density at radius 3 is 2.53 bits per heavy atom. The highest BCUT2D eigenvalue weighted by atomic mass is 32.2. The largest absolute Gasteiger partial charge is 0.386 e. The SMILES string of the molecule is C[C@H]1COCCN1C[C@H]1CN(S(=O)(=O)c2cccs2)CCN1c1ccc(C(C)(C)O)cc1. The Hall–Kier alpha value is -1.49. The highest BCUT2D eigenvalue weighted by molar-refractivity contribution is 7.91. The lowest BCUT2D eigenvalue weighted by Gasteiger charge is -2.45. The van der Waals surface area contributed by atoms with Crippen molar-refractivity contribution in [2.75, 3.05) is 50.8 Å². The Morgan fingerprint density at radius 1 is 1.16 bits per heavy atom. The summed E-state index contributed by atoms with van der Waals surface area (Å²) < 4.78 is 34.0. The van der Waals surface area contributed by atoms with E-state index in [0.717, 1.165) is 24.3 Å². The summed E-state index contributed by atoms with van der Waals surface area (Å²) in [7, 11) is -3.49. The fourth-order valence-electron chi connectivity index (χ4n) is 4.44. The molecule has 2 aliphatic heterocycles. The second kappa shape index (κ2) is 9.40. The molecule has 0 amide bonds. The summed E-state index contributed by atoms with van der Waals surface area (Å²) in [6.07, 6.45) is 0. The summed E-state index contributed by atoms with van der Waals surface area (Å²) in [5.41, 5.74) is 1.02. The first kappa shape index (κ1) is 23.7. The molecule has 0 unspecified atom stereocenters. The third-order valence-corrected chi connectivity index (χ3v) is 9.63. The zero-order valence-electron chi connectivity index (χ0n) is 19.0. The number of anilines is 1. The number of benzene rings is 1. The van der Waals surface area contributed by atoms with E-state index in [2.05, 4.69) is 16.7 Å². The maximum Gasteiger partial charge on any atom is 0.252 e. The average Bonchev–Trinajstić information content (AvgIpc) is 3.31. The Labute approximate surface area is 195 Å². The highest BCUT2D eigenvalue weighted by Crippen LogP contribution is 2.29. The van der Waals surface area contributed by atoms with Crippen LogP contribution in [0.4, 0.5) is 5.69 Å². The number of ether oxygens (including phenoxy) is 1. The second-order valence-electron chi connectivity index (χ2n) is 9.17. The van der Waals surface area contributed by atoms with E-state index in [4.69, 9.17) is 4.74 Å². The van der Waals surface area contributed by atoms with Crippen LogP contribution in [-0.4, -0.2) is 80.8 Å². The third kappa shape index (κ3) is 5.03. The molecule has 4 rings (SSSR count). The van der Waals surface area contributed by atoms with Crippen LogP contribution in [0.1, 0.15) is 26.3 Å². The first-order valence-electron chi connectivity index (χ1n) is 11.1. The number of rotatable bonds is 6. The van der Waals surface area contributed by atoms with Crippen molar-refractivity contribution in [3.05, 3.63) is 47.3 Å². The standard InChI is InChI=1S/C23H33N3O4S2/c1-18-17-30-13-12-24(18)15-21-16-25(32(28,29)22-5-4-14-31-22)10-11-26(21)20-8-6-19(7-9-20)23(2,3)27/h4-9,14,18,21,27H,10-13,15-17H2,1-3H3/t18-,21-/m0/s1. The topological polar surface area (TPSA) is 73.3 Å². The summed E-state index contributed by atoms with van der Waals surface area (Å²) in [6.45, 7) is 10.2. The summed E-state index contributed by atoms with van der Waals surface area (Å²) in [5, 5.41) is 12.1. The van der Waals surface area contributed by atoms with Crippen molar-refractivity contribution in [2.45, 2.75) is 42.7 Å². The molecule has 2 fully saturated rings. The number of hydrogen-bond donors (Lipinski definition) is 1. The van der Waals surface area contributed by atoms with Gasteiger partial charge in [0, 0.05) is 44.5 Å². The van der Waals surface area contributed by atoms with Crippen LogP contribution in [0.5, 0.6) is 0 Å². The molecule has 0 radical (unpaired) electrons. The van der Waals surface area contributed by atoms with E-state index in [1.54, 1.807) is 35.7 Å². The lowest BCUT2D eigenvalue weighted by atomic mass is 9.98. The van der Waals surface area contributed by atoms with Crippen molar-refractivity contribution in [2.24, 2.45) is 0 Å². The molecule has 7 nitrogen and oxygen atoms in total. The molecule has 176 valence electrons. The van der Waals surface area contributed by atoms with Gasteiger partial charge in [0.25, 0.3) is 10.0 Å². The second-order valence-corrected chi connectivity index (χ2v) is 12.3. The molecule has 3 heterocycles. The Bertz CT molecular complexity index is 987. The van der Waals surface area contributed by atoms with E-state index in [9.17, 15) is 13.5 Å². The zero-order valence-corrected chi connectivity index (χ0v) is 20.6. The van der Waals surface area contributed by atoms with Gasteiger partial charge in [-0.25, -0.2) is 8.42 Å². The van der Waals surface area contributed by atoms with Crippen LogP contribution in [0.3, 0.4) is 0 Å². The van der Waals surface area contributed by atoms with Crippen molar-refractivity contribution < 1.29 is 18.3 Å². The Kier molecular flexibility index (Phi) is 6.95. The van der Waals surface area contributed by atoms with Crippen molar-refractivity contribution in [1.82, 2.24) is 9.21 Å². The molecule has 1 aromatic carbocycles. The first-order valence-corrected chi connectivity index (χ1v) is 13.4. The van der Waals surface area contributed by atoms with E-state index in [-0.39, 0.29) is 6.04 Å². The molecule has 0 saturated carbocycles. The maximum atomic E-state index is 13.2. The molecule has 1 aromatic heterocycles. The van der Waals surface area contributed by atoms with Crippen LogP contribution in [0, 0.1) is 0 Å². The van der Waals surface area contributed by atoms with Gasteiger partial charge in [-0.2, -0.15) is 4.31 Å². The fraction of sp³-hybridized carbons (Fsp3) is 0.565. The summed E-state index contributed by atoms with van der Waals surface area (Å²) in [4.78, 5) is 4.71. The molecule has 2 aromatic rings. The van der Waals surface area contributed by atoms with Crippen LogP contribution in [0.25, 0.3) is 0 Å². The fourth-order valence-corrected chi connectivity index (χ4v) is 7.06. The molecular formula is C23H33N3O4S2. The molecule has 2 aliphatic rings. The zero-order chi connectivity index (χ0) is 22.9. The monoisotopic (exact) mass is 479 g/mol. The van der Waals surface area contributed by atoms with Gasteiger partial charge in [0.1, 0.15) is 4.21 Å². The van der Waals surface area contributed by atoms with Gasteiger partial charge in [0.15, 0.2) is 0 Å². The predicted octanol–water partition coefficient (Wildman–Crippen LogP) is 2.58. The molecule has 2 saturated heterocycles. The van der Waals surface area contributed by atoms with Crippen LogP contribution in [0.15, 0.2) is 46.0 Å². The first-order chi connectivity index (χ1) is 15.2. The Balaban J connectivity index is 1.59. The number of aliphatic hydroxyl groups is 1. The molecule has 1 N–H and O–H groups in total. The Morgan fingerprint density at radius 2 is 1.91 bits per heavy atom. The van der Waals surface area contributed by atoms with Gasteiger partial charge in [0.05, 0.1) is 24.9 Å². The highest BCUT2D eigenvalue weighted by Gasteiger charge is 2.36. The van der Waals surface area contributed by atoms with E-state index in [0.29, 0.717) is 43.1 Å². The number of hydrogen-bond acceptors (Lipinski definition) is 7. The predicted molar refractivity (Wildman–Crippen MR) is 128 cm³/mol. The van der Waals surface area contributed by atoms with Crippen molar-refractivity contribution in [3.63, 3.8) is 0 Å². The van der Waals surface area contributed by atoms with E-state index >= 15 is 0 Å². The summed E-state index contributed by atoms with van der Waals surface area (Å²) in [6, 6.07) is 11.8. The van der Waals surface area contributed by atoms with Crippen molar-refractivity contribution in [3.8, 4) is 0 Å². The number of morpholine rings is 1. The van der Waals surface area contributed by atoms with E-state index < -0.39 is 15.6 Å². The van der Waals surface area contributed by atoms with Crippen LogP contribution < -0.4 is 4.90 Å². The van der Waals surface area contributed by atoms with Crippen molar-refractivity contribution >= 4 is 27.0 Å². The van der Waals surface area contributed by atoms with Gasteiger partial charge < -0.3 is 14.7 Å². The van der Waals surface area contributed by atoms with Crippen LogP contribution in [-0.2, 0) is 20.4 Å². The van der Waals surface area contributed by atoms with Crippen LogP contribution in [0.2, 0.25) is 0 Å². The normalized spacial score (nSPS) is 24.1. The number of sulfonamides is 1. The third-order valence-electron chi connectivity index (χ3n) is 6.39. The molecular weight excluding hydrogens is 446 g/mol. The van der Waals surface area contributed by atoms with Gasteiger partial charge in [-0.3, -0.25) is 4.90 Å². The van der Waals surface area contributed by atoms with E-state index in [1.165, 1.54) is 11.3 Å². The minimum Gasteiger partial charge on any atom is -0.386 e. The van der Waals surface area contributed by atoms with Crippen molar-refractivity contribution in [1.29, 1.82) is 0 Å². The van der Waals surface area contributed by atoms with Gasteiger partial charge in [-0.15, -0.1) is 11.3 Å². The lowest BCUT2D eigenvalue weighted by molar-refractivity contribution is -0.00446. The molecule has 32 heavy (non-hydrogen) atoms. The average molecular weight is 480 g/mol. The molecule has 2 atom stereocenters. The van der Waals surface area contributed by atoms with Gasteiger partial charge in [-0.1, -0.05) is 18.2 Å². The number of piperazine rings is 1. The minimum absolute atomic E-state index is 0.0204. The quantitative estimate of drug-likeness (QED) is 0.687. The number of thiophene rings is 1. The van der Waals surface area contributed by atoms with Gasteiger partial charge in [-0.05, 0) is 49.9 Å². The molecule has 0 spiro atoms. The molecule has 0 bridgehead atoms. The molecule has 9 heteroatoms. The maximum absolute atomic E-state index is 13.2. The summed E-state index contributed by atoms with van der Waals surface area (Å²) >= 11 is 1.27. The number of nitrogens with zero attached hydrogens (tertiary/aromatic N) is 3. The summed E-state index contributed by atoms with van der Waals surface area (Å²) in [5.74, 6) is 0. The van der Waals surface area contributed by atoms with Gasteiger partial charge >= 0.3 is 0 Å². The smallest absolute Gasteiger partial charge is 0.252 e.